The SMILES string of the molecule is CCOC(=O)CN1C(=O)/C(=C/c2ccc(C(C)(C)C)cc2)SC1=S. The summed E-state index contributed by atoms with van der Waals surface area (Å²) in [5, 5.41) is 0. The van der Waals surface area contributed by atoms with Crippen molar-refractivity contribution >= 4 is 46.3 Å². The quantitative estimate of drug-likeness (QED) is 0.463. The van der Waals surface area contributed by atoms with Crippen LogP contribution in [0.5, 0.6) is 0 Å². The third kappa shape index (κ3) is 4.45. The van der Waals surface area contributed by atoms with Gasteiger partial charge in [-0.1, -0.05) is 69.0 Å². The summed E-state index contributed by atoms with van der Waals surface area (Å²) in [6.45, 7) is 8.33. The fraction of sp³-hybridized carbons (Fsp3) is 0.389. The maximum atomic E-state index is 12.4. The van der Waals surface area contributed by atoms with E-state index in [1.807, 2.05) is 12.1 Å². The maximum absolute atomic E-state index is 12.4. The number of thioether (sulfide) groups is 1. The molecule has 1 aliphatic heterocycles. The van der Waals surface area contributed by atoms with Gasteiger partial charge in [-0.05, 0) is 29.5 Å². The normalized spacial score (nSPS) is 16.8. The van der Waals surface area contributed by atoms with Crippen molar-refractivity contribution < 1.29 is 14.3 Å². The van der Waals surface area contributed by atoms with Gasteiger partial charge < -0.3 is 4.74 Å². The number of carbonyl (C=O) groups excluding carboxylic acids is 2. The maximum Gasteiger partial charge on any atom is 0.326 e. The lowest BCUT2D eigenvalue weighted by atomic mass is 9.87. The molecule has 128 valence electrons. The topological polar surface area (TPSA) is 46.6 Å². The lowest BCUT2D eigenvalue weighted by Crippen LogP contribution is -2.34. The largest absolute Gasteiger partial charge is 0.465 e. The third-order valence-electron chi connectivity index (χ3n) is 3.54. The first-order valence-electron chi connectivity index (χ1n) is 7.74. The van der Waals surface area contributed by atoms with E-state index < -0.39 is 5.97 Å². The van der Waals surface area contributed by atoms with Crippen molar-refractivity contribution in [2.75, 3.05) is 13.2 Å². The van der Waals surface area contributed by atoms with Crippen molar-refractivity contribution in [1.29, 1.82) is 0 Å². The first-order valence-corrected chi connectivity index (χ1v) is 8.96. The van der Waals surface area contributed by atoms with Crippen LogP contribution in [0.1, 0.15) is 38.8 Å². The molecule has 0 unspecified atom stereocenters. The molecule has 1 aromatic rings. The van der Waals surface area contributed by atoms with Crippen LogP contribution in [-0.2, 0) is 19.7 Å². The second kappa shape index (κ2) is 7.49. The summed E-state index contributed by atoms with van der Waals surface area (Å²) in [4.78, 5) is 25.8. The van der Waals surface area contributed by atoms with Gasteiger partial charge in [0.05, 0.1) is 11.5 Å². The fourth-order valence-electron chi connectivity index (χ4n) is 2.20. The zero-order chi connectivity index (χ0) is 17.9. The summed E-state index contributed by atoms with van der Waals surface area (Å²) in [6.07, 6.45) is 1.80. The van der Waals surface area contributed by atoms with E-state index in [-0.39, 0.29) is 24.5 Å². The lowest BCUT2D eigenvalue weighted by Gasteiger charge is -2.18. The molecule has 4 nitrogen and oxygen atoms in total. The number of carbonyl (C=O) groups is 2. The summed E-state index contributed by atoms with van der Waals surface area (Å²) >= 11 is 6.41. The van der Waals surface area contributed by atoms with Crippen molar-refractivity contribution in [2.45, 2.75) is 33.1 Å². The molecule has 0 N–H and O–H groups in total. The average Bonchev–Trinajstić information content (AvgIpc) is 2.75. The van der Waals surface area contributed by atoms with Crippen molar-refractivity contribution in [1.82, 2.24) is 4.90 Å². The van der Waals surface area contributed by atoms with Gasteiger partial charge in [0.15, 0.2) is 0 Å². The summed E-state index contributed by atoms with van der Waals surface area (Å²) in [5.41, 5.74) is 2.25. The van der Waals surface area contributed by atoms with E-state index in [0.29, 0.717) is 9.23 Å². The van der Waals surface area contributed by atoms with Crippen molar-refractivity contribution in [3.63, 3.8) is 0 Å². The number of ether oxygens (including phenoxy) is 1. The molecule has 1 heterocycles. The molecule has 0 aromatic heterocycles. The van der Waals surface area contributed by atoms with Gasteiger partial charge in [0.25, 0.3) is 5.91 Å². The Labute approximate surface area is 152 Å². The van der Waals surface area contributed by atoms with Crippen LogP contribution in [0, 0.1) is 0 Å². The highest BCUT2D eigenvalue weighted by Gasteiger charge is 2.33. The van der Waals surface area contributed by atoms with Gasteiger partial charge in [0, 0.05) is 0 Å². The highest BCUT2D eigenvalue weighted by molar-refractivity contribution is 8.26. The van der Waals surface area contributed by atoms with E-state index in [9.17, 15) is 9.59 Å². The zero-order valence-electron chi connectivity index (χ0n) is 14.3. The van der Waals surface area contributed by atoms with Crippen LogP contribution in [0.3, 0.4) is 0 Å². The molecular weight excluding hydrogens is 342 g/mol. The molecule has 0 radical (unpaired) electrons. The second-order valence-electron chi connectivity index (χ2n) is 6.44. The molecule has 1 aromatic carbocycles. The Morgan fingerprint density at radius 2 is 1.92 bits per heavy atom. The Bertz CT molecular complexity index is 687. The molecule has 0 spiro atoms. The van der Waals surface area contributed by atoms with Crippen molar-refractivity contribution in [3.05, 3.63) is 40.3 Å². The van der Waals surface area contributed by atoms with E-state index in [2.05, 4.69) is 32.9 Å². The van der Waals surface area contributed by atoms with E-state index in [4.69, 9.17) is 17.0 Å². The van der Waals surface area contributed by atoms with E-state index in [1.54, 1.807) is 13.0 Å². The number of benzene rings is 1. The first-order chi connectivity index (χ1) is 11.2. The molecule has 1 amide bonds. The van der Waals surface area contributed by atoms with Crippen LogP contribution in [0.25, 0.3) is 6.08 Å². The molecule has 1 aliphatic rings. The van der Waals surface area contributed by atoms with Gasteiger partial charge in [0.2, 0.25) is 0 Å². The zero-order valence-corrected chi connectivity index (χ0v) is 15.9. The third-order valence-corrected chi connectivity index (χ3v) is 4.92. The Morgan fingerprint density at radius 1 is 1.29 bits per heavy atom. The van der Waals surface area contributed by atoms with E-state index in [0.717, 1.165) is 5.56 Å². The Morgan fingerprint density at radius 3 is 2.46 bits per heavy atom. The van der Waals surface area contributed by atoms with E-state index >= 15 is 0 Å². The minimum Gasteiger partial charge on any atom is -0.465 e. The van der Waals surface area contributed by atoms with Crippen LogP contribution in [0.15, 0.2) is 29.2 Å². The summed E-state index contributed by atoms with van der Waals surface area (Å²) in [5.74, 6) is -0.706. The van der Waals surface area contributed by atoms with Gasteiger partial charge >= 0.3 is 5.97 Å². The van der Waals surface area contributed by atoms with Crippen LogP contribution in [0.2, 0.25) is 0 Å². The number of esters is 1. The molecular formula is C18H21NO3S2. The molecule has 1 fully saturated rings. The monoisotopic (exact) mass is 363 g/mol. The molecule has 0 bridgehead atoms. The Balaban J connectivity index is 2.15. The molecule has 0 atom stereocenters. The van der Waals surface area contributed by atoms with Crippen molar-refractivity contribution in [2.24, 2.45) is 0 Å². The fourth-order valence-corrected chi connectivity index (χ4v) is 3.46. The summed E-state index contributed by atoms with van der Waals surface area (Å²) in [6, 6.07) is 8.09. The molecule has 0 saturated carbocycles. The number of amides is 1. The first kappa shape index (κ1) is 18.7. The van der Waals surface area contributed by atoms with Gasteiger partial charge in [-0.25, -0.2) is 0 Å². The van der Waals surface area contributed by atoms with Gasteiger partial charge in [-0.15, -0.1) is 0 Å². The highest BCUT2D eigenvalue weighted by Crippen LogP contribution is 2.32. The standard InChI is InChI=1S/C18H21NO3S2/c1-5-22-15(20)11-19-16(21)14(24-17(19)23)10-12-6-8-13(9-7-12)18(2,3)4/h6-10H,5,11H2,1-4H3/b14-10-. The van der Waals surface area contributed by atoms with Gasteiger partial charge in [-0.2, -0.15) is 0 Å². The van der Waals surface area contributed by atoms with Crippen LogP contribution in [0.4, 0.5) is 0 Å². The lowest BCUT2D eigenvalue weighted by molar-refractivity contribution is -0.145. The number of hydrogen-bond acceptors (Lipinski definition) is 5. The number of hydrogen-bond donors (Lipinski definition) is 0. The minimum atomic E-state index is -0.454. The molecule has 0 aliphatic carbocycles. The Hall–Kier alpha value is -1.66. The van der Waals surface area contributed by atoms with E-state index in [1.165, 1.54) is 22.2 Å². The smallest absolute Gasteiger partial charge is 0.326 e. The predicted octanol–water partition coefficient (Wildman–Crippen LogP) is 3.75. The number of thiocarbonyl (C=S) groups is 1. The highest BCUT2D eigenvalue weighted by atomic mass is 32.2. The van der Waals surface area contributed by atoms with Crippen LogP contribution < -0.4 is 0 Å². The van der Waals surface area contributed by atoms with Crippen molar-refractivity contribution in [3.8, 4) is 0 Å². The molecule has 1 saturated heterocycles. The molecule has 6 heteroatoms. The van der Waals surface area contributed by atoms with Gasteiger partial charge in [0.1, 0.15) is 10.9 Å². The molecule has 24 heavy (non-hydrogen) atoms. The second-order valence-corrected chi connectivity index (χ2v) is 8.12. The predicted molar refractivity (Wildman–Crippen MR) is 102 cm³/mol. The molecule has 2 rings (SSSR count). The average molecular weight is 364 g/mol. The van der Waals surface area contributed by atoms with Gasteiger partial charge in [-0.3, -0.25) is 14.5 Å². The summed E-state index contributed by atoms with van der Waals surface area (Å²) < 4.78 is 5.26. The Kier molecular flexibility index (Phi) is 5.83. The van der Waals surface area contributed by atoms with Crippen LogP contribution >= 0.6 is 24.0 Å². The van der Waals surface area contributed by atoms with Crippen LogP contribution in [-0.4, -0.2) is 34.2 Å². The minimum absolute atomic E-state index is 0.0849. The number of rotatable bonds is 4. The number of nitrogens with zero attached hydrogens (tertiary/aromatic N) is 1. The summed E-state index contributed by atoms with van der Waals surface area (Å²) in [7, 11) is 0.